The fraction of sp³-hybridized carbons (Fsp3) is 0.900. The minimum atomic E-state index is -2.67. The van der Waals surface area contributed by atoms with E-state index in [0.29, 0.717) is 24.2 Å². The number of allylic oxidation sites excluding steroid dienone is 2. The Bertz CT molecular complexity index is 936. The van der Waals surface area contributed by atoms with E-state index in [-0.39, 0.29) is 28.1 Å². The van der Waals surface area contributed by atoms with Crippen LogP contribution in [-0.4, -0.2) is 32.4 Å². The van der Waals surface area contributed by atoms with E-state index in [1.807, 2.05) is 6.92 Å². The topological polar surface area (TPSA) is 98.0 Å². The van der Waals surface area contributed by atoms with Gasteiger partial charge >= 0.3 is 5.97 Å². The highest BCUT2D eigenvalue weighted by atomic mass is 16.7. The minimum absolute atomic E-state index is 0.0225. The van der Waals surface area contributed by atoms with E-state index in [2.05, 4.69) is 40.7 Å². The summed E-state index contributed by atoms with van der Waals surface area (Å²) in [6.07, 6.45) is 11.2. The third-order valence-corrected chi connectivity index (χ3v) is 13.6. The SMILES string of the molecule is C[C@H]1[C@H](C)CC[C@]2(C(=O)O)CC[C@]3(C)C(=CC[C@@H]4[C@@]5(C)CCCC(C)(C(O)(O)O)[C@@H]5CC[C@]43C)[C@H]12. The summed E-state index contributed by atoms with van der Waals surface area (Å²) >= 11 is 0. The molecule has 0 bridgehead atoms. The second kappa shape index (κ2) is 7.57. The number of carbonyl (C=O) groups is 1. The van der Waals surface area contributed by atoms with Crippen LogP contribution in [0.25, 0.3) is 0 Å². The van der Waals surface area contributed by atoms with Gasteiger partial charge in [-0.2, -0.15) is 0 Å². The number of hydrogen-bond acceptors (Lipinski definition) is 4. The summed E-state index contributed by atoms with van der Waals surface area (Å²) in [6, 6.07) is 0. The molecule has 4 saturated carbocycles. The maximum Gasteiger partial charge on any atom is 0.310 e. The molecule has 5 rings (SSSR count). The molecule has 0 aromatic carbocycles. The number of carboxylic acids is 1. The first kappa shape index (κ1) is 25.7. The molecule has 35 heavy (non-hydrogen) atoms. The molecule has 5 aliphatic carbocycles. The van der Waals surface area contributed by atoms with E-state index in [4.69, 9.17) is 0 Å². The van der Waals surface area contributed by atoms with Gasteiger partial charge in [-0.25, -0.2) is 0 Å². The van der Waals surface area contributed by atoms with Crippen LogP contribution in [0.1, 0.15) is 106 Å². The summed E-state index contributed by atoms with van der Waals surface area (Å²) in [4.78, 5) is 12.8. The Morgan fingerprint density at radius 3 is 2.23 bits per heavy atom. The first-order valence-corrected chi connectivity index (χ1v) is 14.2. The highest BCUT2D eigenvalue weighted by Crippen LogP contribution is 2.76. The van der Waals surface area contributed by atoms with E-state index in [1.165, 1.54) is 5.57 Å². The zero-order valence-electron chi connectivity index (χ0n) is 22.7. The van der Waals surface area contributed by atoms with Crippen LogP contribution >= 0.6 is 0 Å². The van der Waals surface area contributed by atoms with Gasteiger partial charge in [0.15, 0.2) is 0 Å². The van der Waals surface area contributed by atoms with Crippen molar-refractivity contribution in [2.24, 2.45) is 56.7 Å². The molecule has 1 unspecified atom stereocenters. The van der Waals surface area contributed by atoms with E-state index in [0.717, 1.165) is 57.8 Å². The van der Waals surface area contributed by atoms with Crippen LogP contribution in [-0.2, 0) is 4.79 Å². The molecular formula is C30H48O5. The number of hydrogen-bond donors (Lipinski definition) is 4. The monoisotopic (exact) mass is 488 g/mol. The second-order valence-corrected chi connectivity index (χ2v) is 14.5. The molecule has 0 heterocycles. The maximum atomic E-state index is 12.8. The Morgan fingerprint density at radius 1 is 0.914 bits per heavy atom. The highest BCUT2D eigenvalue weighted by Gasteiger charge is 2.70. The number of rotatable bonds is 2. The molecule has 0 radical (unpaired) electrons. The van der Waals surface area contributed by atoms with Crippen LogP contribution in [0.3, 0.4) is 0 Å². The molecule has 198 valence electrons. The molecule has 5 aliphatic rings. The molecule has 4 fully saturated rings. The molecule has 0 amide bonds. The Morgan fingerprint density at radius 2 is 1.60 bits per heavy atom. The first-order valence-electron chi connectivity index (χ1n) is 14.2. The Hall–Kier alpha value is -0.910. The molecule has 10 atom stereocenters. The van der Waals surface area contributed by atoms with Gasteiger partial charge in [-0.15, -0.1) is 0 Å². The van der Waals surface area contributed by atoms with Gasteiger partial charge in [0.05, 0.1) is 10.8 Å². The molecular weight excluding hydrogens is 440 g/mol. The van der Waals surface area contributed by atoms with Gasteiger partial charge in [0.25, 0.3) is 5.97 Å². The van der Waals surface area contributed by atoms with Crippen molar-refractivity contribution < 1.29 is 25.2 Å². The molecule has 0 saturated heterocycles. The van der Waals surface area contributed by atoms with E-state index in [9.17, 15) is 25.2 Å². The minimum Gasteiger partial charge on any atom is -0.481 e. The van der Waals surface area contributed by atoms with Crippen molar-refractivity contribution in [1.29, 1.82) is 0 Å². The highest BCUT2D eigenvalue weighted by molar-refractivity contribution is 5.76. The molecule has 0 spiro atoms. The molecule has 5 heteroatoms. The molecule has 0 aromatic rings. The number of fused-ring (bicyclic) bond motifs is 7. The van der Waals surface area contributed by atoms with Gasteiger partial charge < -0.3 is 20.4 Å². The van der Waals surface area contributed by atoms with Crippen molar-refractivity contribution in [2.45, 2.75) is 112 Å². The van der Waals surface area contributed by atoms with Gasteiger partial charge in [-0.1, -0.05) is 59.6 Å². The Balaban J connectivity index is 1.61. The van der Waals surface area contributed by atoms with E-state index >= 15 is 0 Å². The quantitative estimate of drug-likeness (QED) is 0.294. The predicted molar refractivity (Wildman–Crippen MR) is 135 cm³/mol. The standard InChI is InChI=1S/C30H48O5/c1-18-10-15-29(24(31)32)17-16-26(4)20(23(29)19(18)2)8-9-21-25(3)12-7-13-28(6,30(33,34)35)22(25)11-14-27(21,26)5/h8,18-19,21-23,33-35H,7,9-17H2,1-6H3,(H,31,32)/t18-,19+,21-,22-,23+,25-,26-,27-,28?,29+/m1/s1. The van der Waals surface area contributed by atoms with Crippen LogP contribution in [0, 0.1) is 56.7 Å². The van der Waals surface area contributed by atoms with Crippen LogP contribution in [0.2, 0.25) is 0 Å². The van der Waals surface area contributed by atoms with Crippen molar-refractivity contribution in [3.63, 3.8) is 0 Å². The summed E-state index contributed by atoms with van der Waals surface area (Å²) in [5.41, 5.74) is -0.280. The molecule has 0 aliphatic heterocycles. The Kier molecular flexibility index (Phi) is 5.56. The third kappa shape index (κ3) is 3.01. The van der Waals surface area contributed by atoms with Crippen LogP contribution < -0.4 is 0 Å². The zero-order valence-corrected chi connectivity index (χ0v) is 22.7. The summed E-state index contributed by atoms with van der Waals surface area (Å²) < 4.78 is 0. The normalized spacial score (nSPS) is 54.0. The predicted octanol–water partition coefficient (Wildman–Crippen LogP) is 5.73. The summed E-state index contributed by atoms with van der Waals surface area (Å²) in [6.45, 7) is 13.7. The zero-order chi connectivity index (χ0) is 25.8. The average molecular weight is 489 g/mol. The summed E-state index contributed by atoms with van der Waals surface area (Å²) in [7, 11) is 0. The van der Waals surface area contributed by atoms with Crippen molar-refractivity contribution in [3.8, 4) is 0 Å². The lowest BCUT2D eigenvalue weighted by molar-refractivity contribution is -0.400. The first-order chi connectivity index (χ1) is 16.1. The van der Waals surface area contributed by atoms with Gasteiger partial charge in [0, 0.05) is 0 Å². The van der Waals surface area contributed by atoms with E-state index < -0.39 is 22.8 Å². The second-order valence-electron chi connectivity index (χ2n) is 14.5. The summed E-state index contributed by atoms with van der Waals surface area (Å²) in [5.74, 6) is -1.88. The van der Waals surface area contributed by atoms with Gasteiger partial charge in [-0.3, -0.25) is 4.79 Å². The third-order valence-electron chi connectivity index (χ3n) is 13.6. The largest absolute Gasteiger partial charge is 0.481 e. The number of carboxylic acid groups (broad SMARTS) is 1. The van der Waals surface area contributed by atoms with Crippen LogP contribution in [0.4, 0.5) is 0 Å². The van der Waals surface area contributed by atoms with Gasteiger partial charge in [0.2, 0.25) is 0 Å². The summed E-state index contributed by atoms with van der Waals surface area (Å²) in [5, 5.41) is 41.9. The van der Waals surface area contributed by atoms with Crippen molar-refractivity contribution >= 4 is 5.97 Å². The molecule has 5 nitrogen and oxygen atoms in total. The van der Waals surface area contributed by atoms with Crippen LogP contribution in [0.15, 0.2) is 11.6 Å². The average Bonchev–Trinajstić information content (AvgIpc) is 2.75. The fourth-order valence-corrected chi connectivity index (χ4v) is 11.0. The smallest absolute Gasteiger partial charge is 0.310 e. The maximum absolute atomic E-state index is 12.8. The van der Waals surface area contributed by atoms with Crippen molar-refractivity contribution in [3.05, 3.63) is 11.6 Å². The molecule has 0 aromatic heterocycles. The van der Waals surface area contributed by atoms with Gasteiger partial charge in [0.1, 0.15) is 0 Å². The van der Waals surface area contributed by atoms with E-state index in [1.54, 1.807) is 0 Å². The lowest BCUT2D eigenvalue weighted by Gasteiger charge is -2.71. The van der Waals surface area contributed by atoms with Crippen molar-refractivity contribution in [1.82, 2.24) is 0 Å². The fourth-order valence-electron chi connectivity index (χ4n) is 11.0. The van der Waals surface area contributed by atoms with Gasteiger partial charge in [-0.05, 0) is 104 Å². The Labute approximate surface area is 211 Å². The van der Waals surface area contributed by atoms with Crippen LogP contribution in [0.5, 0.6) is 0 Å². The molecule has 4 N–H and O–H groups in total. The van der Waals surface area contributed by atoms with Crippen molar-refractivity contribution in [2.75, 3.05) is 0 Å². The number of aliphatic carboxylic acids is 1. The number of aliphatic hydroxyl groups is 3. The lowest BCUT2D eigenvalue weighted by atomic mass is 9.33. The lowest BCUT2D eigenvalue weighted by Crippen LogP contribution is -2.66.